The number of rotatable bonds is 2. The van der Waals surface area contributed by atoms with Crippen molar-refractivity contribution < 1.29 is 9.59 Å². The predicted octanol–water partition coefficient (Wildman–Crippen LogP) is 2.56. The van der Waals surface area contributed by atoms with E-state index in [-0.39, 0.29) is 17.2 Å². The van der Waals surface area contributed by atoms with Gasteiger partial charge in [-0.15, -0.1) is 0 Å². The van der Waals surface area contributed by atoms with E-state index in [4.69, 9.17) is 0 Å². The highest BCUT2D eigenvalue weighted by molar-refractivity contribution is 5.82. The van der Waals surface area contributed by atoms with Crippen molar-refractivity contribution in [3.8, 4) is 0 Å². The fourth-order valence-corrected chi connectivity index (χ4v) is 2.95. The lowest BCUT2D eigenvalue weighted by molar-refractivity contribution is -0.144. The number of carbonyl (C=O) groups is 2. The molecule has 0 aromatic heterocycles. The summed E-state index contributed by atoms with van der Waals surface area (Å²) in [5, 5.41) is 0. The number of aryl methyl sites for hydroxylation is 2. The summed E-state index contributed by atoms with van der Waals surface area (Å²) >= 11 is 0. The summed E-state index contributed by atoms with van der Waals surface area (Å²) in [7, 11) is 0. The normalized spacial score (nSPS) is 15.7. The van der Waals surface area contributed by atoms with E-state index in [1.807, 2.05) is 36.6 Å². The Labute approximate surface area is 139 Å². The fraction of sp³-hybridized carbons (Fsp3) is 0.579. The molecule has 1 fully saturated rings. The standard InChI is InChI=1S/C19H28N2O2/c1-14-6-7-16(15(2)12-14)13-17(22)20-8-10-21(11-9-20)18(23)19(3,4)5/h6-7,12H,8-11,13H2,1-5H3. The predicted molar refractivity (Wildman–Crippen MR) is 92.2 cm³/mol. The highest BCUT2D eigenvalue weighted by Crippen LogP contribution is 2.19. The number of hydrogen-bond acceptors (Lipinski definition) is 2. The van der Waals surface area contributed by atoms with Crippen LogP contribution in [0.5, 0.6) is 0 Å². The van der Waals surface area contributed by atoms with E-state index in [1.54, 1.807) is 0 Å². The molecule has 0 N–H and O–H groups in total. The van der Waals surface area contributed by atoms with Crippen LogP contribution in [0.3, 0.4) is 0 Å². The van der Waals surface area contributed by atoms with E-state index < -0.39 is 0 Å². The third-order valence-electron chi connectivity index (χ3n) is 4.40. The van der Waals surface area contributed by atoms with Gasteiger partial charge in [-0.2, -0.15) is 0 Å². The van der Waals surface area contributed by atoms with Gasteiger partial charge in [-0.3, -0.25) is 9.59 Å². The SMILES string of the molecule is Cc1ccc(CC(=O)N2CCN(C(=O)C(C)(C)C)CC2)c(C)c1. The Morgan fingerprint density at radius 3 is 2.09 bits per heavy atom. The van der Waals surface area contributed by atoms with Gasteiger partial charge in [0, 0.05) is 31.6 Å². The van der Waals surface area contributed by atoms with Crippen LogP contribution in [0.15, 0.2) is 18.2 Å². The molecule has 23 heavy (non-hydrogen) atoms. The van der Waals surface area contributed by atoms with Crippen molar-refractivity contribution in [2.45, 2.75) is 41.0 Å². The zero-order valence-electron chi connectivity index (χ0n) is 15.0. The molecular weight excluding hydrogens is 288 g/mol. The van der Waals surface area contributed by atoms with Crippen molar-refractivity contribution >= 4 is 11.8 Å². The summed E-state index contributed by atoms with van der Waals surface area (Å²) in [6.45, 7) is 12.5. The lowest BCUT2D eigenvalue weighted by Crippen LogP contribution is -2.53. The van der Waals surface area contributed by atoms with Crippen molar-refractivity contribution in [1.29, 1.82) is 0 Å². The highest BCUT2D eigenvalue weighted by atomic mass is 16.2. The topological polar surface area (TPSA) is 40.6 Å². The Balaban J connectivity index is 1.92. The number of nitrogens with zero attached hydrogens (tertiary/aromatic N) is 2. The van der Waals surface area contributed by atoms with Gasteiger partial charge in [0.15, 0.2) is 0 Å². The van der Waals surface area contributed by atoms with Crippen LogP contribution in [0, 0.1) is 19.3 Å². The molecule has 1 saturated heterocycles. The van der Waals surface area contributed by atoms with Gasteiger partial charge >= 0.3 is 0 Å². The summed E-state index contributed by atoms with van der Waals surface area (Å²) < 4.78 is 0. The van der Waals surface area contributed by atoms with Gasteiger partial charge < -0.3 is 9.80 Å². The average molecular weight is 316 g/mol. The molecule has 2 amide bonds. The van der Waals surface area contributed by atoms with Gasteiger partial charge in [-0.1, -0.05) is 44.5 Å². The Morgan fingerprint density at radius 1 is 1.00 bits per heavy atom. The van der Waals surface area contributed by atoms with E-state index in [9.17, 15) is 9.59 Å². The monoisotopic (exact) mass is 316 g/mol. The van der Waals surface area contributed by atoms with Crippen LogP contribution in [0.25, 0.3) is 0 Å². The molecule has 0 unspecified atom stereocenters. The van der Waals surface area contributed by atoms with Crippen molar-refractivity contribution in [3.05, 3.63) is 34.9 Å². The minimum Gasteiger partial charge on any atom is -0.339 e. The first-order chi connectivity index (χ1) is 10.7. The number of hydrogen-bond donors (Lipinski definition) is 0. The maximum absolute atomic E-state index is 12.5. The van der Waals surface area contributed by atoms with Crippen LogP contribution in [0.4, 0.5) is 0 Å². The van der Waals surface area contributed by atoms with Crippen LogP contribution in [-0.4, -0.2) is 47.8 Å². The lowest BCUT2D eigenvalue weighted by Gasteiger charge is -2.37. The second-order valence-corrected chi connectivity index (χ2v) is 7.53. The van der Waals surface area contributed by atoms with E-state index in [0.717, 1.165) is 5.56 Å². The molecule has 2 rings (SSSR count). The van der Waals surface area contributed by atoms with Crippen LogP contribution in [-0.2, 0) is 16.0 Å². The third kappa shape index (κ3) is 4.34. The molecule has 0 bridgehead atoms. The van der Waals surface area contributed by atoms with Gasteiger partial charge in [0.2, 0.25) is 11.8 Å². The first-order valence-electron chi connectivity index (χ1n) is 8.32. The first-order valence-corrected chi connectivity index (χ1v) is 8.32. The molecule has 1 aromatic rings. The van der Waals surface area contributed by atoms with Crippen molar-refractivity contribution in [1.82, 2.24) is 9.80 Å². The summed E-state index contributed by atoms with van der Waals surface area (Å²) in [6, 6.07) is 6.21. The van der Waals surface area contributed by atoms with Gasteiger partial charge in [-0.25, -0.2) is 0 Å². The van der Waals surface area contributed by atoms with Crippen LogP contribution in [0.1, 0.15) is 37.5 Å². The lowest BCUT2D eigenvalue weighted by atomic mass is 9.94. The second kappa shape index (κ2) is 6.73. The zero-order valence-corrected chi connectivity index (χ0v) is 15.0. The molecule has 126 valence electrons. The van der Waals surface area contributed by atoms with E-state index in [2.05, 4.69) is 26.0 Å². The first kappa shape index (κ1) is 17.5. The Morgan fingerprint density at radius 2 is 1.57 bits per heavy atom. The van der Waals surface area contributed by atoms with Crippen molar-refractivity contribution in [3.63, 3.8) is 0 Å². The van der Waals surface area contributed by atoms with E-state index in [0.29, 0.717) is 32.6 Å². The smallest absolute Gasteiger partial charge is 0.228 e. The fourth-order valence-electron chi connectivity index (χ4n) is 2.95. The third-order valence-corrected chi connectivity index (χ3v) is 4.40. The van der Waals surface area contributed by atoms with E-state index >= 15 is 0 Å². The molecule has 0 atom stereocenters. The Hall–Kier alpha value is -1.84. The van der Waals surface area contributed by atoms with E-state index in [1.165, 1.54) is 11.1 Å². The van der Waals surface area contributed by atoms with Crippen LogP contribution in [0.2, 0.25) is 0 Å². The van der Waals surface area contributed by atoms with Crippen LogP contribution >= 0.6 is 0 Å². The Kier molecular flexibility index (Phi) is 5.12. The van der Waals surface area contributed by atoms with Gasteiger partial charge in [0.25, 0.3) is 0 Å². The second-order valence-electron chi connectivity index (χ2n) is 7.53. The summed E-state index contributed by atoms with van der Waals surface area (Å²) in [6.07, 6.45) is 0.444. The molecule has 0 aliphatic carbocycles. The zero-order chi connectivity index (χ0) is 17.2. The maximum atomic E-state index is 12.5. The molecule has 1 heterocycles. The summed E-state index contributed by atoms with van der Waals surface area (Å²) in [4.78, 5) is 28.5. The molecule has 0 radical (unpaired) electrons. The maximum Gasteiger partial charge on any atom is 0.228 e. The number of benzene rings is 1. The molecule has 4 nitrogen and oxygen atoms in total. The number of amides is 2. The number of carbonyl (C=O) groups excluding carboxylic acids is 2. The van der Waals surface area contributed by atoms with Crippen LogP contribution < -0.4 is 0 Å². The number of piperazine rings is 1. The Bertz CT molecular complexity index is 594. The molecule has 0 saturated carbocycles. The van der Waals surface area contributed by atoms with Gasteiger partial charge in [-0.05, 0) is 25.0 Å². The summed E-state index contributed by atoms with van der Waals surface area (Å²) in [5.74, 6) is 0.318. The molecular formula is C19H28N2O2. The molecule has 4 heteroatoms. The van der Waals surface area contributed by atoms with Crippen molar-refractivity contribution in [2.75, 3.05) is 26.2 Å². The molecule has 1 aliphatic heterocycles. The largest absolute Gasteiger partial charge is 0.339 e. The van der Waals surface area contributed by atoms with Gasteiger partial charge in [0.05, 0.1) is 6.42 Å². The average Bonchev–Trinajstić information content (AvgIpc) is 2.48. The summed E-state index contributed by atoms with van der Waals surface area (Å²) in [5.41, 5.74) is 3.12. The van der Waals surface area contributed by atoms with Gasteiger partial charge in [0.1, 0.15) is 0 Å². The van der Waals surface area contributed by atoms with Crippen molar-refractivity contribution in [2.24, 2.45) is 5.41 Å². The molecule has 1 aromatic carbocycles. The quantitative estimate of drug-likeness (QED) is 0.841. The molecule has 0 spiro atoms. The highest BCUT2D eigenvalue weighted by Gasteiger charge is 2.30. The minimum absolute atomic E-state index is 0.153. The minimum atomic E-state index is -0.356. The molecule has 1 aliphatic rings.